The molecule has 0 bridgehead atoms. The Labute approximate surface area is 126 Å². The summed E-state index contributed by atoms with van der Waals surface area (Å²) in [5.74, 6) is 0. The summed E-state index contributed by atoms with van der Waals surface area (Å²) in [4.78, 5) is 7.07. The van der Waals surface area contributed by atoms with Gasteiger partial charge in [-0.1, -0.05) is 23.8 Å². The van der Waals surface area contributed by atoms with Crippen molar-refractivity contribution in [3.63, 3.8) is 0 Å². The number of piperazine rings is 1. The molecule has 1 N–H and O–H groups in total. The Bertz CT molecular complexity index is 624. The smallest absolute Gasteiger partial charge is 0.0705 e. The number of hydrogen-bond acceptors (Lipinski definition) is 3. The van der Waals surface area contributed by atoms with E-state index in [1.807, 2.05) is 6.20 Å². The first-order valence-corrected chi connectivity index (χ1v) is 7.68. The van der Waals surface area contributed by atoms with Crippen molar-refractivity contribution in [1.29, 1.82) is 0 Å². The molecule has 0 aliphatic carbocycles. The quantitative estimate of drug-likeness (QED) is 0.873. The molecule has 1 aromatic carbocycles. The Hall–Kier alpha value is -1.71. The van der Waals surface area contributed by atoms with Crippen molar-refractivity contribution in [3.05, 3.63) is 54.2 Å². The Morgan fingerprint density at radius 2 is 2.05 bits per heavy atom. The second-order valence-corrected chi connectivity index (χ2v) is 5.88. The summed E-state index contributed by atoms with van der Waals surface area (Å²) in [7, 11) is 0. The van der Waals surface area contributed by atoms with Crippen molar-refractivity contribution in [1.82, 2.24) is 15.2 Å². The van der Waals surface area contributed by atoms with Crippen LogP contribution in [0.1, 0.15) is 24.9 Å². The lowest BCUT2D eigenvalue weighted by Crippen LogP contribution is -2.45. The maximum absolute atomic E-state index is 4.50. The molecule has 21 heavy (non-hydrogen) atoms. The number of nitrogens with one attached hydrogen (secondary N) is 1. The third-order valence-electron chi connectivity index (χ3n) is 4.18. The van der Waals surface area contributed by atoms with Gasteiger partial charge in [0.05, 0.1) is 5.52 Å². The number of benzene rings is 1. The molecule has 0 unspecified atom stereocenters. The minimum Gasteiger partial charge on any atom is -0.314 e. The zero-order valence-electron chi connectivity index (χ0n) is 12.7. The van der Waals surface area contributed by atoms with Crippen molar-refractivity contribution in [2.75, 3.05) is 26.2 Å². The fourth-order valence-electron chi connectivity index (χ4n) is 3.17. The molecule has 1 aliphatic heterocycles. The van der Waals surface area contributed by atoms with Crippen molar-refractivity contribution in [3.8, 4) is 0 Å². The Morgan fingerprint density at radius 3 is 2.81 bits per heavy atom. The topological polar surface area (TPSA) is 28.2 Å². The standard InChI is InChI=1S/C18H23N3/c1-14(2)13-18(21-11-9-19-10-12-21)16-7-8-20-17-6-4-3-5-15(16)17/h3-8,18-19H,1,9-13H2,2H3/t18-/m0/s1. The number of pyridine rings is 1. The van der Waals surface area contributed by atoms with Gasteiger partial charge >= 0.3 is 0 Å². The van der Waals surface area contributed by atoms with Crippen molar-refractivity contribution >= 4 is 10.9 Å². The number of nitrogens with zero attached hydrogens (tertiary/aromatic N) is 2. The molecule has 2 heterocycles. The molecule has 1 aliphatic rings. The van der Waals surface area contributed by atoms with Crippen LogP contribution in [0.15, 0.2) is 48.7 Å². The first kappa shape index (κ1) is 14.2. The number of hydrogen-bond donors (Lipinski definition) is 1. The minimum absolute atomic E-state index is 0.400. The summed E-state index contributed by atoms with van der Waals surface area (Å²) in [5, 5.41) is 4.70. The molecule has 0 amide bonds. The minimum atomic E-state index is 0.400. The van der Waals surface area contributed by atoms with Crippen LogP contribution in [0, 0.1) is 0 Å². The first-order chi connectivity index (χ1) is 10.3. The second kappa shape index (κ2) is 6.37. The highest BCUT2D eigenvalue weighted by Crippen LogP contribution is 2.31. The van der Waals surface area contributed by atoms with Gasteiger partial charge in [-0.05, 0) is 31.0 Å². The average molecular weight is 281 g/mol. The zero-order valence-corrected chi connectivity index (χ0v) is 12.7. The molecule has 2 aromatic rings. The van der Waals surface area contributed by atoms with E-state index < -0.39 is 0 Å². The predicted molar refractivity (Wildman–Crippen MR) is 88.4 cm³/mol. The van der Waals surface area contributed by atoms with Gasteiger partial charge < -0.3 is 5.32 Å². The Morgan fingerprint density at radius 1 is 1.29 bits per heavy atom. The molecule has 0 spiro atoms. The highest BCUT2D eigenvalue weighted by Gasteiger charge is 2.23. The lowest BCUT2D eigenvalue weighted by molar-refractivity contribution is 0.173. The number of para-hydroxylation sites is 1. The fourth-order valence-corrected chi connectivity index (χ4v) is 3.17. The van der Waals surface area contributed by atoms with Gasteiger partial charge in [0.2, 0.25) is 0 Å². The predicted octanol–water partition coefficient (Wildman–Crippen LogP) is 3.15. The van der Waals surface area contributed by atoms with Crippen molar-refractivity contribution < 1.29 is 0 Å². The average Bonchev–Trinajstić information content (AvgIpc) is 2.53. The summed E-state index contributed by atoms with van der Waals surface area (Å²) >= 11 is 0. The van der Waals surface area contributed by atoms with E-state index in [2.05, 4.69) is 59.0 Å². The van der Waals surface area contributed by atoms with E-state index in [4.69, 9.17) is 0 Å². The van der Waals surface area contributed by atoms with Crippen LogP contribution in [-0.4, -0.2) is 36.1 Å². The van der Waals surface area contributed by atoms with E-state index in [-0.39, 0.29) is 0 Å². The summed E-state index contributed by atoms with van der Waals surface area (Å²) in [6.45, 7) is 10.6. The monoisotopic (exact) mass is 281 g/mol. The van der Waals surface area contributed by atoms with Crippen LogP contribution in [0.25, 0.3) is 10.9 Å². The number of rotatable bonds is 4. The molecule has 3 rings (SSSR count). The lowest BCUT2D eigenvalue weighted by Gasteiger charge is -2.36. The number of fused-ring (bicyclic) bond motifs is 1. The van der Waals surface area contributed by atoms with Crippen LogP contribution in [0.4, 0.5) is 0 Å². The molecule has 0 radical (unpaired) electrons. The van der Waals surface area contributed by atoms with E-state index in [1.54, 1.807) is 0 Å². The maximum atomic E-state index is 4.50. The van der Waals surface area contributed by atoms with Crippen molar-refractivity contribution in [2.45, 2.75) is 19.4 Å². The normalized spacial score (nSPS) is 17.8. The van der Waals surface area contributed by atoms with Crippen LogP contribution >= 0.6 is 0 Å². The fraction of sp³-hybridized carbons (Fsp3) is 0.389. The van der Waals surface area contributed by atoms with Crippen LogP contribution in [0.5, 0.6) is 0 Å². The van der Waals surface area contributed by atoms with Crippen LogP contribution in [-0.2, 0) is 0 Å². The highest BCUT2D eigenvalue weighted by atomic mass is 15.2. The third-order valence-corrected chi connectivity index (χ3v) is 4.18. The van der Waals surface area contributed by atoms with Gasteiger partial charge in [-0.15, -0.1) is 6.58 Å². The molecule has 110 valence electrons. The van der Waals surface area contributed by atoms with Crippen LogP contribution in [0.3, 0.4) is 0 Å². The molecule has 3 nitrogen and oxygen atoms in total. The summed E-state index contributed by atoms with van der Waals surface area (Å²) in [6, 6.07) is 11.0. The van der Waals surface area contributed by atoms with E-state index in [9.17, 15) is 0 Å². The van der Waals surface area contributed by atoms with Gasteiger partial charge in [0, 0.05) is 43.8 Å². The number of aromatic nitrogens is 1. The lowest BCUT2D eigenvalue weighted by atomic mass is 9.95. The van der Waals surface area contributed by atoms with Crippen LogP contribution < -0.4 is 5.32 Å². The van der Waals surface area contributed by atoms with E-state index in [0.717, 1.165) is 38.1 Å². The molecule has 0 saturated carbocycles. The molecular weight excluding hydrogens is 258 g/mol. The Balaban J connectivity index is 2.02. The molecule has 1 fully saturated rings. The second-order valence-electron chi connectivity index (χ2n) is 5.88. The molecule has 1 aromatic heterocycles. The van der Waals surface area contributed by atoms with Gasteiger partial charge in [0.15, 0.2) is 0 Å². The van der Waals surface area contributed by atoms with Gasteiger partial charge in [0.25, 0.3) is 0 Å². The summed E-state index contributed by atoms with van der Waals surface area (Å²) < 4.78 is 0. The van der Waals surface area contributed by atoms with Gasteiger partial charge in [-0.25, -0.2) is 0 Å². The first-order valence-electron chi connectivity index (χ1n) is 7.68. The summed E-state index contributed by atoms with van der Waals surface area (Å²) in [5.41, 5.74) is 3.70. The SMILES string of the molecule is C=C(C)C[C@@H](c1ccnc2ccccc12)N1CCNCC1. The third kappa shape index (κ3) is 3.14. The van der Waals surface area contributed by atoms with Gasteiger partial charge in [-0.3, -0.25) is 9.88 Å². The van der Waals surface area contributed by atoms with Crippen LogP contribution in [0.2, 0.25) is 0 Å². The largest absolute Gasteiger partial charge is 0.314 e. The van der Waals surface area contributed by atoms with E-state index >= 15 is 0 Å². The van der Waals surface area contributed by atoms with Gasteiger partial charge in [-0.2, -0.15) is 0 Å². The molecule has 1 atom stereocenters. The maximum Gasteiger partial charge on any atom is 0.0705 e. The molecular formula is C18H23N3. The van der Waals surface area contributed by atoms with E-state index in [0.29, 0.717) is 6.04 Å². The van der Waals surface area contributed by atoms with Crippen molar-refractivity contribution in [2.24, 2.45) is 0 Å². The highest BCUT2D eigenvalue weighted by molar-refractivity contribution is 5.82. The molecule has 3 heteroatoms. The Kier molecular flexibility index (Phi) is 4.32. The zero-order chi connectivity index (χ0) is 14.7. The molecule has 1 saturated heterocycles. The van der Waals surface area contributed by atoms with Gasteiger partial charge in [0.1, 0.15) is 0 Å². The summed E-state index contributed by atoms with van der Waals surface area (Å²) in [6.07, 6.45) is 2.94. The van der Waals surface area contributed by atoms with E-state index in [1.165, 1.54) is 16.5 Å².